The van der Waals surface area contributed by atoms with Gasteiger partial charge in [0.15, 0.2) is 11.6 Å². The molecule has 42 heavy (non-hydrogen) atoms. The normalized spacial score (nSPS) is 10.6. The Balaban J connectivity index is 0.000000228. The number of nitrogens with zero attached hydrogens (tertiary/aromatic N) is 1. The van der Waals surface area contributed by atoms with E-state index in [0.29, 0.717) is 6.73 Å². The molecule has 4 aromatic carbocycles. The first-order valence-electron chi connectivity index (χ1n) is 14.0. The fourth-order valence-corrected chi connectivity index (χ4v) is 3.48. The van der Waals surface area contributed by atoms with Crippen molar-refractivity contribution in [3.63, 3.8) is 0 Å². The van der Waals surface area contributed by atoms with Crippen molar-refractivity contribution in [2.24, 2.45) is 0 Å². The van der Waals surface area contributed by atoms with Crippen LogP contribution in [0.3, 0.4) is 0 Å². The van der Waals surface area contributed by atoms with E-state index in [9.17, 15) is 9.59 Å². The zero-order valence-electron chi connectivity index (χ0n) is 25.9. The van der Waals surface area contributed by atoms with Crippen LogP contribution in [0.25, 0.3) is 23.3 Å². The summed E-state index contributed by atoms with van der Waals surface area (Å²) in [5.74, 6) is 1.07. The molecular formula is C38H43NO3. The number of hydrogen-bond donors (Lipinski definition) is 0. The third-order valence-electron chi connectivity index (χ3n) is 5.90. The van der Waals surface area contributed by atoms with Gasteiger partial charge in [0.05, 0.1) is 0 Å². The fourth-order valence-electron chi connectivity index (χ4n) is 3.48. The molecule has 0 amide bonds. The number of carbonyl (C=O) groups excluding carboxylic acids is 2. The Morgan fingerprint density at radius 3 is 1.29 bits per heavy atom. The van der Waals surface area contributed by atoms with Crippen LogP contribution >= 0.6 is 0 Å². The number of benzene rings is 4. The summed E-state index contributed by atoms with van der Waals surface area (Å²) in [5.41, 5.74) is 8.26. The minimum Gasteiger partial charge on any atom is -0.478 e. The molecule has 4 aromatic rings. The fraction of sp³-hybridized carbons (Fsp3) is 0.211. The monoisotopic (exact) mass is 561 g/mol. The average molecular weight is 562 g/mol. The van der Waals surface area contributed by atoms with Crippen LogP contribution in [0.5, 0.6) is 5.75 Å². The van der Waals surface area contributed by atoms with Gasteiger partial charge in [0.1, 0.15) is 12.5 Å². The first-order valence-corrected chi connectivity index (χ1v) is 14.0. The lowest BCUT2D eigenvalue weighted by molar-refractivity contribution is -0.113. The summed E-state index contributed by atoms with van der Waals surface area (Å²) in [4.78, 5) is 23.4. The van der Waals surface area contributed by atoms with Crippen molar-refractivity contribution in [3.05, 3.63) is 137 Å². The zero-order valence-corrected chi connectivity index (χ0v) is 25.9. The van der Waals surface area contributed by atoms with Crippen LogP contribution in [0.4, 0.5) is 0 Å². The minimum absolute atomic E-state index is 0.0672. The summed E-state index contributed by atoms with van der Waals surface area (Å²) >= 11 is 0. The molecule has 0 atom stereocenters. The summed E-state index contributed by atoms with van der Waals surface area (Å²) < 4.78 is 5.45. The molecular weight excluding hydrogens is 518 g/mol. The predicted molar refractivity (Wildman–Crippen MR) is 178 cm³/mol. The number of carbonyl (C=O) groups is 2. The number of ether oxygens (including phenoxy) is 1. The summed E-state index contributed by atoms with van der Waals surface area (Å²) in [5, 5.41) is 0. The van der Waals surface area contributed by atoms with Gasteiger partial charge in [-0.05, 0) is 95.3 Å². The van der Waals surface area contributed by atoms with Gasteiger partial charge >= 0.3 is 0 Å². The lowest BCUT2D eigenvalue weighted by atomic mass is 10.0. The van der Waals surface area contributed by atoms with Gasteiger partial charge in [0, 0.05) is 0 Å². The molecule has 0 saturated heterocycles. The van der Waals surface area contributed by atoms with Crippen LogP contribution < -0.4 is 4.74 Å². The Morgan fingerprint density at radius 1 is 0.571 bits per heavy atom. The van der Waals surface area contributed by atoms with Crippen LogP contribution in [-0.4, -0.2) is 37.3 Å². The van der Waals surface area contributed by atoms with E-state index in [1.165, 1.54) is 27.8 Å². The first kappa shape index (κ1) is 33.7. The zero-order chi connectivity index (χ0) is 30.9. The molecule has 4 rings (SSSR count). The largest absolute Gasteiger partial charge is 0.478 e. The predicted octanol–water partition coefficient (Wildman–Crippen LogP) is 8.75. The molecule has 0 N–H and O–H groups in total. The van der Waals surface area contributed by atoms with Crippen molar-refractivity contribution < 1.29 is 14.3 Å². The maximum Gasteiger partial charge on any atom is 0.152 e. The molecule has 0 radical (unpaired) electrons. The molecule has 0 saturated carbocycles. The van der Waals surface area contributed by atoms with Crippen LogP contribution in [0.15, 0.2) is 109 Å². The van der Waals surface area contributed by atoms with Gasteiger partial charge in [0.2, 0.25) is 0 Å². The molecule has 0 aliphatic carbocycles. The second-order valence-electron chi connectivity index (χ2n) is 10.5. The summed E-state index contributed by atoms with van der Waals surface area (Å²) in [7, 11) is 3.96. The molecule has 0 aliphatic rings. The van der Waals surface area contributed by atoms with E-state index in [1.54, 1.807) is 26.0 Å². The van der Waals surface area contributed by atoms with Gasteiger partial charge in [-0.1, -0.05) is 114 Å². The van der Waals surface area contributed by atoms with E-state index in [0.717, 1.165) is 16.9 Å². The summed E-state index contributed by atoms with van der Waals surface area (Å²) in [6.07, 6.45) is 6.81. The maximum atomic E-state index is 10.9. The van der Waals surface area contributed by atoms with Crippen molar-refractivity contribution in [1.82, 2.24) is 4.90 Å². The SMILES string of the molecule is CC(=O)/C=C/c1ccc(-c2ccc(C)cc2)cc1.CC(=O)/C=C/c1ccc(C)cc1.Cc1ccc(OCN(C)C)cc1. The Morgan fingerprint density at radius 2 is 0.905 bits per heavy atom. The van der Waals surface area contributed by atoms with E-state index >= 15 is 0 Å². The Kier molecular flexibility index (Phi) is 14.4. The Labute approximate surface area is 252 Å². The Hall–Kier alpha value is -4.54. The van der Waals surface area contributed by atoms with E-state index in [4.69, 9.17) is 4.74 Å². The quantitative estimate of drug-likeness (QED) is 0.159. The van der Waals surface area contributed by atoms with Crippen LogP contribution in [0.1, 0.15) is 41.7 Å². The lowest BCUT2D eigenvalue weighted by Gasteiger charge is -2.11. The number of hydrogen-bond acceptors (Lipinski definition) is 4. The molecule has 0 bridgehead atoms. The second kappa shape index (κ2) is 18.0. The van der Waals surface area contributed by atoms with Gasteiger partial charge in [-0.2, -0.15) is 0 Å². The third kappa shape index (κ3) is 14.2. The van der Waals surface area contributed by atoms with E-state index in [-0.39, 0.29) is 11.6 Å². The minimum atomic E-state index is 0.0672. The molecule has 0 aliphatic heterocycles. The molecule has 0 aromatic heterocycles. The number of ketones is 2. The van der Waals surface area contributed by atoms with Gasteiger partial charge in [-0.3, -0.25) is 14.5 Å². The van der Waals surface area contributed by atoms with Gasteiger partial charge < -0.3 is 4.74 Å². The van der Waals surface area contributed by atoms with E-state index < -0.39 is 0 Å². The van der Waals surface area contributed by atoms with Crippen molar-refractivity contribution in [3.8, 4) is 16.9 Å². The molecule has 0 spiro atoms. The molecule has 4 heteroatoms. The highest BCUT2D eigenvalue weighted by molar-refractivity contribution is 5.92. The summed E-state index contributed by atoms with van der Waals surface area (Å²) in [6, 6.07) is 32.8. The van der Waals surface area contributed by atoms with E-state index in [2.05, 4.69) is 50.2 Å². The number of aryl methyl sites for hydroxylation is 3. The van der Waals surface area contributed by atoms with Gasteiger partial charge in [0.25, 0.3) is 0 Å². The van der Waals surface area contributed by atoms with Crippen molar-refractivity contribution in [1.29, 1.82) is 0 Å². The topological polar surface area (TPSA) is 46.6 Å². The standard InChI is InChI=1S/C17H16O.C11H12O.C10H15NO/c1-13-3-9-16(10-4-13)17-11-7-15(8-12-17)6-5-14(2)18;1-9-3-6-11(7-4-9)8-5-10(2)12;1-9-4-6-10(7-5-9)12-8-11(2)3/h3-12H,1-2H3;3-8H,1-2H3;4-7H,8H2,1-3H3/b6-5+;8-5+;. The van der Waals surface area contributed by atoms with Gasteiger partial charge in [-0.25, -0.2) is 0 Å². The highest BCUT2D eigenvalue weighted by Gasteiger charge is 1.97. The van der Waals surface area contributed by atoms with Crippen molar-refractivity contribution in [2.75, 3.05) is 20.8 Å². The van der Waals surface area contributed by atoms with E-state index in [1.807, 2.05) is 98.7 Å². The van der Waals surface area contributed by atoms with Crippen LogP contribution in [0, 0.1) is 20.8 Å². The average Bonchev–Trinajstić information content (AvgIpc) is 2.97. The summed E-state index contributed by atoms with van der Waals surface area (Å²) in [6.45, 7) is 9.92. The highest BCUT2D eigenvalue weighted by atomic mass is 16.5. The second-order valence-corrected chi connectivity index (χ2v) is 10.5. The lowest BCUT2D eigenvalue weighted by Crippen LogP contribution is -2.18. The van der Waals surface area contributed by atoms with Crippen molar-refractivity contribution in [2.45, 2.75) is 34.6 Å². The molecule has 0 unspecified atom stereocenters. The number of allylic oxidation sites excluding steroid dienone is 2. The third-order valence-corrected chi connectivity index (χ3v) is 5.90. The maximum absolute atomic E-state index is 10.9. The first-order chi connectivity index (χ1) is 20.0. The highest BCUT2D eigenvalue weighted by Crippen LogP contribution is 2.20. The molecule has 0 heterocycles. The number of rotatable bonds is 8. The molecule has 0 fully saturated rings. The van der Waals surface area contributed by atoms with Gasteiger partial charge in [-0.15, -0.1) is 0 Å². The Bertz CT molecular complexity index is 1430. The van der Waals surface area contributed by atoms with Crippen LogP contribution in [-0.2, 0) is 9.59 Å². The smallest absolute Gasteiger partial charge is 0.152 e. The van der Waals surface area contributed by atoms with Crippen molar-refractivity contribution >= 4 is 23.7 Å². The molecule has 4 nitrogen and oxygen atoms in total. The molecule has 218 valence electrons. The van der Waals surface area contributed by atoms with Crippen LogP contribution in [0.2, 0.25) is 0 Å².